The molecule has 1 aromatic carbocycles. The van der Waals surface area contributed by atoms with Crippen molar-refractivity contribution in [1.82, 2.24) is 10.4 Å². The highest BCUT2D eigenvalue weighted by atomic mass is 19.4. The van der Waals surface area contributed by atoms with Crippen molar-refractivity contribution in [3.63, 3.8) is 0 Å². The molecule has 27 heavy (non-hydrogen) atoms. The summed E-state index contributed by atoms with van der Waals surface area (Å²) < 4.78 is 44.0. The number of phenolic OH excluding ortho intramolecular Hbond substituents is 1. The van der Waals surface area contributed by atoms with Crippen LogP contribution < -0.4 is 5.48 Å². The van der Waals surface area contributed by atoms with E-state index in [1.54, 1.807) is 0 Å². The van der Waals surface area contributed by atoms with E-state index in [1.165, 1.54) is 31.2 Å². The summed E-state index contributed by atoms with van der Waals surface area (Å²) in [5.41, 5.74) is 2.20. The van der Waals surface area contributed by atoms with Crippen LogP contribution in [0, 0.1) is 0 Å². The van der Waals surface area contributed by atoms with Gasteiger partial charge in [-0.1, -0.05) is 18.2 Å². The number of phenols is 1. The molecule has 1 amide bonds. The highest BCUT2D eigenvalue weighted by molar-refractivity contribution is 5.93. The molecule has 2 rings (SSSR count). The average Bonchev–Trinajstić information content (AvgIpc) is 2.60. The first-order valence-electron chi connectivity index (χ1n) is 7.81. The number of nitrogens with zero attached hydrogens (tertiary/aromatic N) is 1. The molecule has 7 nitrogen and oxygen atoms in total. The van der Waals surface area contributed by atoms with E-state index < -0.39 is 24.1 Å². The van der Waals surface area contributed by atoms with E-state index in [4.69, 9.17) is 9.57 Å². The lowest BCUT2D eigenvalue weighted by molar-refractivity contribution is -0.187. The lowest BCUT2D eigenvalue weighted by Crippen LogP contribution is -2.45. The summed E-state index contributed by atoms with van der Waals surface area (Å²) in [5.74, 6) is -3.65. The third-order valence-corrected chi connectivity index (χ3v) is 3.56. The predicted octanol–water partition coefficient (Wildman–Crippen LogP) is 2.41. The number of esters is 1. The number of halogens is 3. The molecule has 0 aliphatic carbocycles. The van der Waals surface area contributed by atoms with Gasteiger partial charge in [-0.3, -0.25) is 20.0 Å². The smallest absolute Gasteiger partial charge is 0.471 e. The van der Waals surface area contributed by atoms with Crippen molar-refractivity contribution in [2.24, 2.45) is 0 Å². The summed E-state index contributed by atoms with van der Waals surface area (Å²) in [6.45, 7) is 4.80. The number of rotatable bonds is 6. The number of hydroxylamine groups is 1. The fourth-order valence-corrected chi connectivity index (χ4v) is 2.55. The largest absolute Gasteiger partial charge is 0.507 e. The third-order valence-electron chi connectivity index (χ3n) is 3.56. The molecule has 10 heteroatoms. The van der Waals surface area contributed by atoms with Gasteiger partial charge in [0.2, 0.25) is 0 Å². The number of aromatic hydroxyl groups is 1. The van der Waals surface area contributed by atoms with E-state index >= 15 is 0 Å². The number of ether oxygens (including phenoxy) is 1. The number of fused-ring (bicyclic) bond motifs is 1. The molecule has 0 bridgehead atoms. The van der Waals surface area contributed by atoms with Crippen LogP contribution in [0.3, 0.4) is 0 Å². The Kier molecular flexibility index (Phi) is 6.11. The Morgan fingerprint density at radius 3 is 2.70 bits per heavy atom. The Morgan fingerprint density at radius 2 is 2.11 bits per heavy atom. The van der Waals surface area contributed by atoms with Crippen molar-refractivity contribution >= 4 is 17.6 Å². The Bertz CT molecular complexity index is 776. The monoisotopic (exact) mass is 386 g/mol. The van der Waals surface area contributed by atoms with E-state index in [2.05, 4.69) is 12.1 Å². The van der Waals surface area contributed by atoms with Gasteiger partial charge in [-0.15, -0.1) is 6.58 Å². The van der Waals surface area contributed by atoms with Crippen LogP contribution in [-0.4, -0.2) is 41.3 Å². The first-order valence-corrected chi connectivity index (χ1v) is 7.81. The van der Waals surface area contributed by atoms with E-state index in [0.29, 0.717) is 0 Å². The molecule has 1 unspecified atom stereocenters. The molecule has 1 heterocycles. The second-order valence-corrected chi connectivity index (χ2v) is 5.35. The Morgan fingerprint density at radius 1 is 1.41 bits per heavy atom. The van der Waals surface area contributed by atoms with Crippen LogP contribution in [0.25, 0.3) is 5.70 Å². The highest BCUT2D eigenvalue weighted by Crippen LogP contribution is 2.40. The van der Waals surface area contributed by atoms with Crippen LogP contribution in [0.15, 0.2) is 37.1 Å². The fourth-order valence-electron chi connectivity index (χ4n) is 2.55. The number of carbonyl (C=O) groups is 2. The van der Waals surface area contributed by atoms with Gasteiger partial charge in [0, 0.05) is 11.8 Å². The molecule has 0 saturated heterocycles. The average molecular weight is 386 g/mol. The van der Waals surface area contributed by atoms with Crippen molar-refractivity contribution in [2.75, 3.05) is 13.2 Å². The van der Waals surface area contributed by atoms with Gasteiger partial charge in [0.15, 0.2) is 6.04 Å². The van der Waals surface area contributed by atoms with Crippen LogP contribution in [-0.2, 0) is 19.2 Å². The van der Waals surface area contributed by atoms with Crippen LogP contribution in [0.5, 0.6) is 5.75 Å². The van der Waals surface area contributed by atoms with E-state index in [1.807, 2.05) is 0 Å². The van der Waals surface area contributed by atoms with Gasteiger partial charge in [-0.2, -0.15) is 13.2 Å². The Labute approximate surface area is 152 Å². The SMILES string of the molecule is C=CCONC1=CN(C(=O)C(F)(F)F)C(C(=O)OCC)c2cccc(O)c21. The molecule has 1 aliphatic heterocycles. The molecule has 1 aliphatic rings. The quantitative estimate of drug-likeness (QED) is 0.338. The van der Waals surface area contributed by atoms with Gasteiger partial charge in [0.25, 0.3) is 0 Å². The van der Waals surface area contributed by atoms with E-state index in [-0.39, 0.29) is 40.7 Å². The number of amides is 1. The van der Waals surface area contributed by atoms with Gasteiger partial charge in [-0.05, 0) is 18.6 Å². The first-order chi connectivity index (χ1) is 12.7. The summed E-state index contributed by atoms with van der Waals surface area (Å²) >= 11 is 0. The summed E-state index contributed by atoms with van der Waals surface area (Å²) in [5, 5.41) is 10.2. The third kappa shape index (κ3) is 4.22. The van der Waals surface area contributed by atoms with Crippen molar-refractivity contribution in [2.45, 2.75) is 19.1 Å². The van der Waals surface area contributed by atoms with Crippen LogP contribution in [0.1, 0.15) is 24.1 Å². The minimum absolute atomic E-state index is 0.00517. The highest BCUT2D eigenvalue weighted by Gasteiger charge is 2.49. The van der Waals surface area contributed by atoms with Crippen molar-refractivity contribution in [1.29, 1.82) is 0 Å². The standard InChI is InChI=1S/C17H17F3N2O5/c1-3-8-27-21-11-9-22(16(25)17(18,19)20)14(15(24)26-4-2)10-6-5-7-12(23)13(10)11/h3,5-7,9,14,21,23H,1,4,8H2,2H3. The first kappa shape index (κ1) is 20.3. The fraction of sp³-hybridized carbons (Fsp3) is 0.294. The Hall–Kier alpha value is -3.01. The molecule has 0 saturated carbocycles. The molecule has 0 radical (unpaired) electrons. The number of hydrogen-bond donors (Lipinski definition) is 2. The lowest BCUT2D eigenvalue weighted by atomic mass is 9.93. The van der Waals surface area contributed by atoms with Gasteiger partial charge < -0.3 is 9.84 Å². The minimum atomic E-state index is -5.23. The van der Waals surface area contributed by atoms with Crippen molar-refractivity contribution < 1.29 is 37.4 Å². The number of nitrogens with one attached hydrogen (secondary N) is 1. The number of benzene rings is 1. The maximum Gasteiger partial charge on any atom is 0.471 e. The molecular formula is C17H17F3N2O5. The van der Waals surface area contributed by atoms with Crippen molar-refractivity contribution in [3.05, 3.63) is 48.2 Å². The molecule has 1 aromatic rings. The van der Waals surface area contributed by atoms with Gasteiger partial charge >= 0.3 is 18.1 Å². The lowest BCUT2D eigenvalue weighted by Gasteiger charge is -2.34. The molecule has 0 aromatic heterocycles. The maximum absolute atomic E-state index is 13.1. The van der Waals surface area contributed by atoms with Gasteiger partial charge in [0.1, 0.15) is 5.75 Å². The van der Waals surface area contributed by atoms with E-state index in [0.717, 1.165) is 6.20 Å². The van der Waals surface area contributed by atoms with E-state index in [9.17, 15) is 27.9 Å². The Balaban J connectivity index is 2.61. The number of alkyl halides is 3. The molecule has 1 atom stereocenters. The topological polar surface area (TPSA) is 88.1 Å². The molecule has 146 valence electrons. The zero-order valence-corrected chi connectivity index (χ0v) is 14.2. The minimum Gasteiger partial charge on any atom is -0.507 e. The summed E-state index contributed by atoms with van der Waals surface area (Å²) in [4.78, 5) is 29.4. The zero-order chi connectivity index (χ0) is 20.2. The summed E-state index contributed by atoms with van der Waals surface area (Å²) in [6.07, 6.45) is -3.10. The normalized spacial score (nSPS) is 16.2. The maximum atomic E-state index is 13.1. The number of carbonyl (C=O) groups excluding carboxylic acids is 2. The molecule has 2 N–H and O–H groups in total. The molecule has 0 fully saturated rings. The van der Waals surface area contributed by atoms with Crippen LogP contribution >= 0.6 is 0 Å². The predicted molar refractivity (Wildman–Crippen MR) is 87.6 cm³/mol. The second kappa shape index (κ2) is 8.12. The van der Waals surface area contributed by atoms with Crippen LogP contribution in [0.2, 0.25) is 0 Å². The zero-order valence-electron chi connectivity index (χ0n) is 14.2. The van der Waals surface area contributed by atoms with Gasteiger partial charge in [0.05, 0.1) is 18.9 Å². The molecule has 0 spiro atoms. The van der Waals surface area contributed by atoms with Crippen LogP contribution in [0.4, 0.5) is 13.2 Å². The van der Waals surface area contributed by atoms with Crippen molar-refractivity contribution in [3.8, 4) is 5.75 Å². The summed E-state index contributed by atoms with van der Waals surface area (Å²) in [7, 11) is 0. The number of hydrogen-bond acceptors (Lipinski definition) is 6. The van der Waals surface area contributed by atoms with Gasteiger partial charge in [-0.25, -0.2) is 4.79 Å². The molecular weight excluding hydrogens is 369 g/mol. The summed E-state index contributed by atoms with van der Waals surface area (Å²) in [6, 6.07) is 2.22. The second-order valence-electron chi connectivity index (χ2n) is 5.35.